The number of likely N-dealkylation sites (tertiary alicyclic amines) is 1. The van der Waals surface area contributed by atoms with Crippen molar-refractivity contribution in [2.24, 2.45) is 0 Å². The number of carbonyl (C=O) groups is 1. The first-order chi connectivity index (χ1) is 18.6. The van der Waals surface area contributed by atoms with Crippen LogP contribution < -0.4 is 19.5 Å². The molecule has 0 unspecified atom stereocenters. The van der Waals surface area contributed by atoms with Crippen molar-refractivity contribution in [2.75, 3.05) is 32.6 Å². The summed E-state index contributed by atoms with van der Waals surface area (Å²) in [6, 6.07) is 13.6. The Balaban J connectivity index is 1.45. The standard InChI is InChI=1S/C29H29N5O4/c1-4-28(35)34-13-9-21(10-14-34)38-27-16-22-23(17-26(27)37-3)31-18-32-29(22)33-24-15-20(5-6-25(24)36-2)19-7-11-30-12-8-19/h4-8,11-12,15-18,21H,1,9-10,13-14H2,2-3H3,(H,31,32,33). The van der Waals surface area contributed by atoms with Crippen molar-refractivity contribution in [3.63, 3.8) is 0 Å². The van der Waals surface area contributed by atoms with Crippen LogP contribution >= 0.6 is 0 Å². The Morgan fingerprint density at radius 2 is 1.74 bits per heavy atom. The first kappa shape index (κ1) is 25.0. The molecule has 9 nitrogen and oxygen atoms in total. The summed E-state index contributed by atoms with van der Waals surface area (Å²) in [6.07, 6.45) is 7.78. The van der Waals surface area contributed by atoms with E-state index in [0.717, 1.165) is 35.0 Å². The molecule has 2 aromatic heterocycles. The summed E-state index contributed by atoms with van der Waals surface area (Å²) in [5, 5.41) is 4.20. The van der Waals surface area contributed by atoms with Crippen LogP contribution in [0.15, 0.2) is 73.8 Å². The Morgan fingerprint density at radius 3 is 2.45 bits per heavy atom. The molecule has 4 aromatic rings. The van der Waals surface area contributed by atoms with Crippen LogP contribution in [-0.2, 0) is 4.79 Å². The summed E-state index contributed by atoms with van der Waals surface area (Å²) < 4.78 is 17.6. The fourth-order valence-corrected chi connectivity index (χ4v) is 4.58. The van der Waals surface area contributed by atoms with Crippen molar-refractivity contribution >= 4 is 28.3 Å². The van der Waals surface area contributed by atoms with Gasteiger partial charge in [-0.25, -0.2) is 9.97 Å². The molecule has 9 heteroatoms. The molecule has 0 radical (unpaired) electrons. The maximum Gasteiger partial charge on any atom is 0.245 e. The van der Waals surface area contributed by atoms with Gasteiger partial charge in [-0.05, 0) is 47.5 Å². The van der Waals surface area contributed by atoms with Gasteiger partial charge in [0.05, 0.1) is 25.4 Å². The normalized spacial score (nSPS) is 13.7. The van der Waals surface area contributed by atoms with Gasteiger partial charge >= 0.3 is 0 Å². The molecule has 0 saturated carbocycles. The number of anilines is 2. The average Bonchev–Trinajstić information content (AvgIpc) is 2.97. The molecule has 2 aromatic carbocycles. The van der Waals surface area contributed by atoms with Crippen LogP contribution in [0, 0.1) is 0 Å². The number of amides is 1. The van der Waals surface area contributed by atoms with Gasteiger partial charge in [0.1, 0.15) is 24.0 Å². The zero-order valence-electron chi connectivity index (χ0n) is 21.4. The number of ether oxygens (including phenoxy) is 3. The second-order valence-corrected chi connectivity index (χ2v) is 8.87. The number of carbonyl (C=O) groups excluding carboxylic acids is 1. The average molecular weight is 512 g/mol. The number of rotatable bonds is 8. The van der Waals surface area contributed by atoms with E-state index in [1.807, 2.05) is 42.5 Å². The third-order valence-corrected chi connectivity index (χ3v) is 6.61. The SMILES string of the molecule is C=CC(=O)N1CCC(Oc2cc3c(Nc4cc(-c5ccncc5)ccc4OC)ncnc3cc2OC)CC1. The van der Waals surface area contributed by atoms with Crippen molar-refractivity contribution < 1.29 is 19.0 Å². The number of methoxy groups -OCH3 is 2. The molecular formula is C29H29N5O4. The Kier molecular flexibility index (Phi) is 7.35. The van der Waals surface area contributed by atoms with Crippen LogP contribution in [0.4, 0.5) is 11.5 Å². The van der Waals surface area contributed by atoms with Crippen molar-refractivity contribution in [1.82, 2.24) is 19.9 Å². The third-order valence-electron chi connectivity index (χ3n) is 6.61. The first-order valence-electron chi connectivity index (χ1n) is 12.4. The molecule has 1 aliphatic heterocycles. The summed E-state index contributed by atoms with van der Waals surface area (Å²) in [5.41, 5.74) is 3.53. The van der Waals surface area contributed by atoms with Gasteiger partial charge in [-0.3, -0.25) is 9.78 Å². The second-order valence-electron chi connectivity index (χ2n) is 8.87. The highest BCUT2D eigenvalue weighted by atomic mass is 16.5. The predicted molar refractivity (Wildman–Crippen MR) is 146 cm³/mol. The maximum atomic E-state index is 11.9. The highest BCUT2D eigenvalue weighted by Crippen LogP contribution is 2.38. The van der Waals surface area contributed by atoms with Crippen LogP contribution in [0.3, 0.4) is 0 Å². The smallest absolute Gasteiger partial charge is 0.245 e. The van der Waals surface area contributed by atoms with Crippen LogP contribution in [-0.4, -0.2) is 59.2 Å². The molecule has 1 amide bonds. The molecule has 0 bridgehead atoms. The van der Waals surface area contributed by atoms with Crippen molar-refractivity contribution in [3.8, 4) is 28.4 Å². The van der Waals surface area contributed by atoms with Crippen LogP contribution in [0.25, 0.3) is 22.0 Å². The van der Waals surface area contributed by atoms with Gasteiger partial charge in [0.25, 0.3) is 0 Å². The predicted octanol–water partition coefficient (Wildman–Crippen LogP) is 5.01. The van der Waals surface area contributed by atoms with Gasteiger partial charge < -0.3 is 24.4 Å². The minimum atomic E-state index is -0.0528. The Bertz CT molecular complexity index is 1450. The van der Waals surface area contributed by atoms with E-state index in [0.29, 0.717) is 41.7 Å². The lowest BCUT2D eigenvalue weighted by Gasteiger charge is -2.31. The number of hydrogen-bond donors (Lipinski definition) is 1. The number of nitrogens with one attached hydrogen (secondary N) is 1. The number of piperidine rings is 1. The summed E-state index contributed by atoms with van der Waals surface area (Å²) in [6.45, 7) is 4.82. The Hall–Kier alpha value is -4.66. The van der Waals surface area contributed by atoms with E-state index in [4.69, 9.17) is 14.2 Å². The van der Waals surface area contributed by atoms with Gasteiger partial charge in [-0.1, -0.05) is 12.6 Å². The number of aromatic nitrogens is 3. The molecule has 1 fully saturated rings. The third kappa shape index (κ3) is 5.22. The molecule has 1 saturated heterocycles. The lowest BCUT2D eigenvalue weighted by atomic mass is 10.1. The second kappa shape index (κ2) is 11.2. The summed E-state index contributed by atoms with van der Waals surface area (Å²) in [5.74, 6) is 2.43. The van der Waals surface area contributed by atoms with E-state index in [1.54, 1.807) is 31.5 Å². The first-order valence-corrected chi connectivity index (χ1v) is 12.4. The van der Waals surface area contributed by atoms with Crippen LogP contribution in [0.2, 0.25) is 0 Å². The van der Waals surface area contributed by atoms with Gasteiger partial charge in [0.15, 0.2) is 11.5 Å². The zero-order chi connectivity index (χ0) is 26.5. The lowest BCUT2D eigenvalue weighted by Crippen LogP contribution is -2.41. The molecule has 0 atom stereocenters. The minimum Gasteiger partial charge on any atom is -0.495 e. The van der Waals surface area contributed by atoms with Gasteiger partial charge in [0.2, 0.25) is 5.91 Å². The molecular weight excluding hydrogens is 482 g/mol. The Labute approximate surface area is 221 Å². The number of pyridine rings is 1. The fourth-order valence-electron chi connectivity index (χ4n) is 4.58. The molecule has 194 valence electrons. The van der Waals surface area contributed by atoms with Gasteiger partial charge in [-0.15, -0.1) is 0 Å². The molecule has 1 aliphatic rings. The molecule has 5 rings (SSSR count). The van der Waals surface area contributed by atoms with Crippen LogP contribution in [0.5, 0.6) is 17.2 Å². The van der Waals surface area contributed by atoms with Crippen LogP contribution in [0.1, 0.15) is 12.8 Å². The van der Waals surface area contributed by atoms with Crippen molar-refractivity contribution in [3.05, 3.63) is 73.8 Å². The van der Waals surface area contributed by atoms with Gasteiger partial charge in [-0.2, -0.15) is 0 Å². The molecule has 38 heavy (non-hydrogen) atoms. The monoisotopic (exact) mass is 511 g/mol. The maximum absolute atomic E-state index is 11.9. The topological polar surface area (TPSA) is 98.7 Å². The van der Waals surface area contributed by atoms with E-state index in [-0.39, 0.29) is 12.0 Å². The summed E-state index contributed by atoms with van der Waals surface area (Å²) in [7, 11) is 3.24. The molecule has 3 heterocycles. The van der Waals surface area contributed by atoms with Crippen molar-refractivity contribution in [1.29, 1.82) is 0 Å². The number of fused-ring (bicyclic) bond motifs is 1. The molecule has 0 aliphatic carbocycles. The van der Waals surface area contributed by atoms with E-state index < -0.39 is 0 Å². The van der Waals surface area contributed by atoms with E-state index in [1.165, 1.54) is 12.4 Å². The van der Waals surface area contributed by atoms with Gasteiger partial charge in [0, 0.05) is 49.8 Å². The quantitative estimate of drug-likeness (QED) is 0.330. The van der Waals surface area contributed by atoms with E-state index >= 15 is 0 Å². The van der Waals surface area contributed by atoms with E-state index in [9.17, 15) is 4.79 Å². The highest BCUT2D eigenvalue weighted by molar-refractivity contribution is 5.94. The lowest BCUT2D eigenvalue weighted by molar-refractivity contribution is -0.127. The molecule has 0 spiro atoms. The summed E-state index contributed by atoms with van der Waals surface area (Å²) >= 11 is 0. The largest absolute Gasteiger partial charge is 0.495 e. The highest BCUT2D eigenvalue weighted by Gasteiger charge is 2.24. The number of benzene rings is 2. The minimum absolute atomic E-state index is 0.0478. The number of hydrogen-bond acceptors (Lipinski definition) is 8. The number of nitrogens with zero attached hydrogens (tertiary/aromatic N) is 4. The Morgan fingerprint density at radius 1 is 0.974 bits per heavy atom. The fraction of sp³-hybridized carbons (Fsp3) is 0.241. The zero-order valence-corrected chi connectivity index (χ0v) is 21.4. The molecule has 1 N–H and O–H groups in total. The summed E-state index contributed by atoms with van der Waals surface area (Å²) in [4.78, 5) is 26.8. The van der Waals surface area contributed by atoms with Crippen molar-refractivity contribution in [2.45, 2.75) is 18.9 Å². The van der Waals surface area contributed by atoms with E-state index in [2.05, 4.69) is 26.8 Å².